The second kappa shape index (κ2) is 9.49. The van der Waals surface area contributed by atoms with Gasteiger partial charge in [-0.1, -0.05) is 13.0 Å². The molecule has 0 unspecified atom stereocenters. The van der Waals surface area contributed by atoms with Crippen molar-refractivity contribution in [1.82, 2.24) is 9.71 Å². The van der Waals surface area contributed by atoms with Crippen molar-refractivity contribution in [3.63, 3.8) is 0 Å². The highest BCUT2D eigenvalue weighted by molar-refractivity contribution is 7.99. The molecule has 110 valence electrons. The van der Waals surface area contributed by atoms with Crippen molar-refractivity contribution < 1.29 is 9.59 Å². The number of pyridine rings is 1. The van der Waals surface area contributed by atoms with Crippen molar-refractivity contribution >= 4 is 41.5 Å². The molecule has 0 saturated carbocycles. The summed E-state index contributed by atoms with van der Waals surface area (Å²) >= 11 is 2.85. The topological polar surface area (TPSA) is 97.1 Å². The third-order valence-electron chi connectivity index (χ3n) is 2.09. The SMILES string of the molecule is CCSNC(=O)Nc1cccc(SCCCC(N)=O)n1. The minimum atomic E-state index is -0.293. The number of primary amides is 1. The molecule has 4 N–H and O–H groups in total. The Kier molecular flexibility index (Phi) is 7.89. The van der Waals surface area contributed by atoms with Crippen LogP contribution in [0.4, 0.5) is 10.6 Å². The van der Waals surface area contributed by atoms with Crippen LogP contribution in [0.15, 0.2) is 23.2 Å². The van der Waals surface area contributed by atoms with Crippen LogP contribution in [-0.4, -0.2) is 28.4 Å². The molecule has 1 aromatic heterocycles. The van der Waals surface area contributed by atoms with Gasteiger partial charge in [-0.05, 0) is 36.3 Å². The van der Waals surface area contributed by atoms with Gasteiger partial charge in [-0.3, -0.25) is 14.8 Å². The number of hydrogen-bond acceptors (Lipinski definition) is 5. The Morgan fingerprint density at radius 3 is 2.90 bits per heavy atom. The Labute approximate surface area is 126 Å². The molecule has 1 heterocycles. The number of aromatic nitrogens is 1. The summed E-state index contributed by atoms with van der Waals surface area (Å²) in [4.78, 5) is 26.4. The number of anilines is 1. The Morgan fingerprint density at radius 2 is 2.20 bits per heavy atom. The van der Waals surface area contributed by atoms with Gasteiger partial charge in [0.2, 0.25) is 5.91 Å². The number of urea groups is 1. The average Bonchev–Trinajstić information content (AvgIpc) is 2.41. The molecule has 3 amide bonds. The van der Waals surface area contributed by atoms with Gasteiger partial charge in [0.15, 0.2) is 0 Å². The highest BCUT2D eigenvalue weighted by Crippen LogP contribution is 2.18. The number of amides is 3. The largest absolute Gasteiger partial charge is 0.370 e. The summed E-state index contributed by atoms with van der Waals surface area (Å²) in [5.74, 6) is 1.77. The minimum Gasteiger partial charge on any atom is -0.370 e. The molecular weight excluding hydrogens is 296 g/mol. The maximum Gasteiger partial charge on any atom is 0.330 e. The molecule has 0 aliphatic heterocycles. The van der Waals surface area contributed by atoms with Crippen LogP contribution in [0.5, 0.6) is 0 Å². The van der Waals surface area contributed by atoms with Crippen LogP contribution in [0.3, 0.4) is 0 Å². The lowest BCUT2D eigenvalue weighted by molar-refractivity contribution is -0.118. The minimum absolute atomic E-state index is 0.291. The molecule has 0 aromatic carbocycles. The molecule has 0 fully saturated rings. The maximum atomic E-state index is 11.5. The lowest BCUT2D eigenvalue weighted by atomic mass is 10.3. The van der Waals surface area contributed by atoms with E-state index in [2.05, 4.69) is 15.0 Å². The van der Waals surface area contributed by atoms with E-state index in [4.69, 9.17) is 5.73 Å². The number of thioether (sulfide) groups is 1. The second-order valence-corrected chi connectivity index (χ2v) is 5.95. The first-order chi connectivity index (χ1) is 9.61. The van der Waals surface area contributed by atoms with Crippen LogP contribution < -0.4 is 15.8 Å². The zero-order valence-electron chi connectivity index (χ0n) is 11.2. The molecule has 1 aromatic rings. The van der Waals surface area contributed by atoms with Crippen LogP contribution in [0.1, 0.15) is 19.8 Å². The van der Waals surface area contributed by atoms with Crippen molar-refractivity contribution in [2.75, 3.05) is 16.8 Å². The first kappa shape index (κ1) is 16.6. The molecule has 0 bridgehead atoms. The first-order valence-electron chi connectivity index (χ1n) is 6.18. The Hall–Kier alpha value is -1.41. The molecule has 1 rings (SSSR count). The zero-order valence-corrected chi connectivity index (χ0v) is 12.9. The normalized spacial score (nSPS) is 10.1. The van der Waals surface area contributed by atoms with Crippen LogP contribution in [0, 0.1) is 0 Å². The number of carbonyl (C=O) groups is 2. The third-order valence-corrected chi connectivity index (χ3v) is 3.73. The number of hydrogen-bond donors (Lipinski definition) is 3. The summed E-state index contributed by atoms with van der Waals surface area (Å²) in [6.07, 6.45) is 1.09. The van der Waals surface area contributed by atoms with E-state index in [9.17, 15) is 9.59 Å². The Bertz CT molecular complexity index is 457. The molecule has 8 heteroatoms. The molecule has 0 radical (unpaired) electrons. The van der Waals surface area contributed by atoms with E-state index >= 15 is 0 Å². The number of nitrogens with one attached hydrogen (secondary N) is 2. The van der Waals surface area contributed by atoms with Gasteiger partial charge in [-0.25, -0.2) is 9.78 Å². The van der Waals surface area contributed by atoms with Gasteiger partial charge in [0.25, 0.3) is 0 Å². The molecule has 20 heavy (non-hydrogen) atoms. The van der Waals surface area contributed by atoms with E-state index in [1.54, 1.807) is 6.07 Å². The summed E-state index contributed by atoms with van der Waals surface area (Å²) in [6, 6.07) is 5.12. The molecule has 0 aliphatic rings. The number of nitrogens with two attached hydrogens (primary N) is 1. The number of rotatable bonds is 8. The monoisotopic (exact) mass is 314 g/mol. The second-order valence-electron chi connectivity index (χ2n) is 3.77. The van der Waals surface area contributed by atoms with Crippen molar-refractivity contribution in [3.05, 3.63) is 18.2 Å². The zero-order chi connectivity index (χ0) is 14.8. The summed E-state index contributed by atoms with van der Waals surface area (Å²) in [7, 11) is 0. The van der Waals surface area contributed by atoms with Crippen molar-refractivity contribution in [2.45, 2.75) is 24.8 Å². The summed E-state index contributed by atoms with van der Waals surface area (Å²) in [5, 5.41) is 3.46. The van der Waals surface area contributed by atoms with E-state index < -0.39 is 0 Å². The fourth-order valence-electron chi connectivity index (χ4n) is 1.27. The summed E-state index contributed by atoms with van der Waals surface area (Å²) < 4.78 is 2.63. The first-order valence-corrected chi connectivity index (χ1v) is 8.16. The summed E-state index contributed by atoms with van der Waals surface area (Å²) in [6.45, 7) is 1.95. The number of nitrogens with zero attached hydrogens (tertiary/aromatic N) is 1. The lowest BCUT2D eigenvalue weighted by Crippen LogP contribution is -2.23. The third kappa shape index (κ3) is 7.25. The predicted molar refractivity (Wildman–Crippen MR) is 83.7 cm³/mol. The van der Waals surface area contributed by atoms with Crippen molar-refractivity contribution in [1.29, 1.82) is 0 Å². The smallest absolute Gasteiger partial charge is 0.330 e. The molecule has 0 aliphatic carbocycles. The van der Waals surface area contributed by atoms with Gasteiger partial charge in [-0.15, -0.1) is 11.8 Å². The Morgan fingerprint density at radius 1 is 1.40 bits per heavy atom. The lowest BCUT2D eigenvalue weighted by Gasteiger charge is -2.06. The molecule has 0 spiro atoms. The highest BCUT2D eigenvalue weighted by Gasteiger charge is 2.04. The van der Waals surface area contributed by atoms with Crippen LogP contribution >= 0.6 is 23.7 Å². The summed E-state index contributed by atoms with van der Waals surface area (Å²) in [5.41, 5.74) is 5.07. The maximum absolute atomic E-state index is 11.5. The molecule has 6 nitrogen and oxygen atoms in total. The van der Waals surface area contributed by atoms with Gasteiger partial charge < -0.3 is 5.73 Å². The van der Waals surface area contributed by atoms with E-state index in [1.165, 1.54) is 23.7 Å². The van der Waals surface area contributed by atoms with Crippen molar-refractivity contribution in [2.24, 2.45) is 5.73 Å². The molecule has 0 saturated heterocycles. The van der Waals surface area contributed by atoms with E-state index in [-0.39, 0.29) is 11.9 Å². The van der Waals surface area contributed by atoms with E-state index in [0.29, 0.717) is 18.7 Å². The molecule has 0 atom stereocenters. The van der Waals surface area contributed by atoms with Crippen molar-refractivity contribution in [3.8, 4) is 0 Å². The predicted octanol–water partition coefficient (Wildman–Crippen LogP) is 2.23. The van der Waals surface area contributed by atoms with Crippen LogP contribution in [0.2, 0.25) is 0 Å². The van der Waals surface area contributed by atoms with Gasteiger partial charge >= 0.3 is 6.03 Å². The van der Waals surface area contributed by atoms with E-state index in [0.717, 1.165) is 16.5 Å². The number of carbonyl (C=O) groups excluding carboxylic acids is 2. The van der Waals surface area contributed by atoms with Gasteiger partial charge in [0, 0.05) is 12.2 Å². The standard InChI is InChI=1S/C12H18N4O2S2/c1-2-20-16-12(18)15-10-6-3-7-11(14-10)19-8-4-5-9(13)17/h3,6-7H,2,4-5,8H2,1H3,(H2,13,17)(H2,14,15,16,18). The van der Waals surface area contributed by atoms with Crippen LogP contribution in [0.25, 0.3) is 0 Å². The quantitative estimate of drug-likeness (QED) is 0.388. The molecular formula is C12H18N4O2S2. The fourth-order valence-corrected chi connectivity index (χ4v) is 2.43. The fraction of sp³-hybridized carbons (Fsp3) is 0.417. The Balaban J connectivity index is 2.40. The average molecular weight is 314 g/mol. The van der Waals surface area contributed by atoms with Gasteiger partial charge in [0.05, 0.1) is 5.03 Å². The highest BCUT2D eigenvalue weighted by atomic mass is 32.2. The van der Waals surface area contributed by atoms with Gasteiger partial charge in [0.1, 0.15) is 5.82 Å². The van der Waals surface area contributed by atoms with Crippen LogP contribution in [-0.2, 0) is 4.79 Å². The van der Waals surface area contributed by atoms with Gasteiger partial charge in [-0.2, -0.15) is 0 Å². The van der Waals surface area contributed by atoms with E-state index in [1.807, 2.05) is 19.1 Å².